The summed E-state index contributed by atoms with van der Waals surface area (Å²) in [5.41, 5.74) is 1.33. The van der Waals surface area contributed by atoms with Crippen LogP contribution in [0.3, 0.4) is 0 Å². The Kier molecular flexibility index (Phi) is 9.35. The van der Waals surface area contributed by atoms with Gasteiger partial charge in [-0.3, -0.25) is 0 Å². The molecule has 1 unspecified atom stereocenters. The van der Waals surface area contributed by atoms with Crippen LogP contribution in [0.1, 0.15) is 53.4 Å². The van der Waals surface area contributed by atoms with Crippen LogP contribution >= 0.6 is 27.5 Å². The van der Waals surface area contributed by atoms with Crippen molar-refractivity contribution >= 4 is 27.5 Å². The standard InChI is InChI=1S/C15H26BrCl/c1-13(9-6-11-15(3,4)17)7-5-8-14(2)10-12-16/h5,8,10,13H,6-7,9,11-12H2,1-4H3. The highest BCUT2D eigenvalue weighted by Gasteiger charge is 2.12. The maximum absolute atomic E-state index is 6.17. The van der Waals surface area contributed by atoms with E-state index in [4.69, 9.17) is 11.6 Å². The minimum atomic E-state index is -0.0369. The maximum atomic E-state index is 6.17. The van der Waals surface area contributed by atoms with Crippen LogP contribution in [0.5, 0.6) is 0 Å². The number of alkyl halides is 2. The van der Waals surface area contributed by atoms with Gasteiger partial charge in [0.15, 0.2) is 0 Å². The molecular weight excluding hydrogens is 296 g/mol. The van der Waals surface area contributed by atoms with Gasteiger partial charge in [-0.1, -0.05) is 59.5 Å². The van der Waals surface area contributed by atoms with Gasteiger partial charge in [0.25, 0.3) is 0 Å². The molecule has 0 amide bonds. The molecular formula is C15H26BrCl. The predicted octanol–water partition coefficient (Wildman–Crippen LogP) is 6.10. The fraction of sp³-hybridized carbons (Fsp3) is 0.733. The van der Waals surface area contributed by atoms with Gasteiger partial charge in [0.2, 0.25) is 0 Å². The first kappa shape index (κ1) is 17.2. The van der Waals surface area contributed by atoms with Gasteiger partial charge in [-0.05, 0) is 39.5 Å². The summed E-state index contributed by atoms with van der Waals surface area (Å²) in [6.45, 7) is 8.63. The molecule has 0 aromatic carbocycles. The van der Waals surface area contributed by atoms with Gasteiger partial charge < -0.3 is 0 Å². The Balaban J connectivity index is 3.73. The molecule has 0 aliphatic rings. The second-order valence-electron chi connectivity index (χ2n) is 5.46. The molecule has 0 heterocycles. The Labute approximate surface area is 121 Å². The summed E-state index contributed by atoms with van der Waals surface area (Å²) in [6.07, 6.45) is 11.4. The van der Waals surface area contributed by atoms with E-state index in [1.807, 2.05) is 0 Å². The topological polar surface area (TPSA) is 0 Å². The monoisotopic (exact) mass is 320 g/mol. The van der Waals surface area contributed by atoms with Crippen molar-refractivity contribution in [2.75, 3.05) is 5.33 Å². The zero-order valence-electron chi connectivity index (χ0n) is 11.6. The summed E-state index contributed by atoms with van der Waals surface area (Å²) in [4.78, 5) is -0.0369. The van der Waals surface area contributed by atoms with Crippen molar-refractivity contribution in [1.82, 2.24) is 0 Å². The molecule has 0 aromatic rings. The van der Waals surface area contributed by atoms with E-state index >= 15 is 0 Å². The molecule has 0 saturated carbocycles. The first-order chi connectivity index (χ1) is 7.85. The summed E-state index contributed by atoms with van der Waals surface area (Å²) in [6, 6.07) is 0. The van der Waals surface area contributed by atoms with E-state index in [9.17, 15) is 0 Å². The molecule has 0 aromatic heterocycles. The molecule has 0 nitrogen and oxygen atoms in total. The Bertz CT molecular complexity index is 248. The molecule has 0 N–H and O–H groups in total. The van der Waals surface area contributed by atoms with E-state index in [0.29, 0.717) is 0 Å². The van der Waals surface area contributed by atoms with Gasteiger partial charge in [-0.15, -0.1) is 11.6 Å². The summed E-state index contributed by atoms with van der Waals surface area (Å²) in [5, 5.41) is 0.934. The van der Waals surface area contributed by atoms with Gasteiger partial charge in [-0.25, -0.2) is 0 Å². The Hall–Kier alpha value is 0.250. The number of hydrogen-bond acceptors (Lipinski definition) is 0. The van der Waals surface area contributed by atoms with E-state index in [0.717, 1.165) is 24.1 Å². The van der Waals surface area contributed by atoms with E-state index in [-0.39, 0.29) is 4.87 Å². The normalized spacial score (nSPS) is 15.5. The van der Waals surface area contributed by atoms with E-state index in [1.165, 1.54) is 18.4 Å². The SMILES string of the molecule is CC(C=CCC(C)CCCC(C)(C)Cl)=CCBr. The van der Waals surface area contributed by atoms with E-state index in [1.54, 1.807) is 0 Å². The highest BCUT2D eigenvalue weighted by molar-refractivity contribution is 9.09. The fourth-order valence-electron chi connectivity index (χ4n) is 1.66. The fourth-order valence-corrected chi connectivity index (χ4v) is 2.31. The van der Waals surface area contributed by atoms with Crippen LogP contribution in [0.4, 0.5) is 0 Å². The van der Waals surface area contributed by atoms with Crippen molar-refractivity contribution < 1.29 is 0 Å². The first-order valence-corrected chi connectivity index (χ1v) is 7.93. The number of rotatable bonds is 8. The third-order valence-corrected chi connectivity index (χ3v) is 3.30. The maximum Gasteiger partial charge on any atom is 0.0390 e. The molecule has 0 bridgehead atoms. The lowest BCUT2D eigenvalue weighted by atomic mass is 9.96. The molecule has 100 valence electrons. The van der Waals surface area contributed by atoms with Crippen LogP contribution in [-0.2, 0) is 0 Å². The van der Waals surface area contributed by atoms with Crippen LogP contribution in [-0.4, -0.2) is 10.2 Å². The van der Waals surface area contributed by atoms with Crippen LogP contribution in [0, 0.1) is 5.92 Å². The van der Waals surface area contributed by atoms with Crippen molar-refractivity contribution in [2.45, 2.75) is 58.3 Å². The lowest BCUT2D eigenvalue weighted by molar-refractivity contribution is 0.474. The second kappa shape index (κ2) is 9.22. The minimum Gasteiger partial charge on any atom is -0.120 e. The molecule has 0 aliphatic carbocycles. The summed E-state index contributed by atoms with van der Waals surface area (Å²) < 4.78 is 0. The highest BCUT2D eigenvalue weighted by atomic mass is 79.9. The Morgan fingerprint density at radius 2 is 2.06 bits per heavy atom. The summed E-state index contributed by atoms with van der Waals surface area (Å²) >= 11 is 9.57. The van der Waals surface area contributed by atoms with Crippen molar-refractivity contribution in [2.24, 2.45) is 5.92 Å². The number of hydrogen-bond donors (Lipinski definition) is 0. The average Bonchev–Trinajstić information content (AvgIpc) is 2.16. The lowest BCUT2D eigenvalue weighted by Crippen LogP contribution is -2.10. The molecule has 0 fully saturated rings. The molecule has 1 atom stereocenters. The zero-order valence-corrected chi connectivity index (χ0v) is 13.9. The number of allylic oxidation sites excluding steroid dienone is 4. The third kappa shape index (κ3) is 12.5. The average molecular weight is 322 g/mol. The molecule has 0 spiro atoms. The Morgan fingerprint density at radius 1 is 1.41 bits per heavy atom. The van der Waals surface area contributed by atoms with E-state index in [2.05, 4.69) is 61.9 Å². The minimum absolute atomic E-state index is 0.0369. The van der Waals surface area contributed by atoms with Gasteiger partial charge in [0.1, 0.15) is 0 Å². The van der Waals surface area contributed by atoms with Crippen LogP contribution in [0.25, 0.3) is 0 Å². The quantitative estimate of drug-likeness (QED) is 0.374. The smallest absolute Gasteiger partial charge is 0.0390 e. The predicted molar refractivity (Wildman–Crippen MR) is 84.3 cm³/mol. The highest BCUT2D eigenvalue weighted by Crippen LogP contribution is 2.23. The van der Waals surface area contributed by atoms with E-state index < -0.39 is 0 Å². The lowest BCUT2D eigenvalue weighted by Gasteiger charge is -2.16. The van der Waals surface area contributed by atoms with Gasteiger partial charge >= 0.3 is 0 Å². The molecule has 0 aliphatic heterocycles. The van der Waals surface area contributed by atoms with Crippen molar-refractivity contribution in [3.63, 3.8) is 0 Å². The second-order valence-corrected chi connectivity index (χ2v) is 7.13. The number of halogens is 2. The molecule has 2 heteroatoms. The zero-order chi connectivity index (χ0) is 13.3. The van der Waals surface area contributed by atoms with Crippen LogP contribution in [0.15, 0.2) is 23.8 Å². The summed E-state index contributed by atoms with van der Waals surface area (Å²) in [7, 11) is 0. The van der Waals surface area contributed by atoms with Crippen molar-refractivity contribution in [3.05, 3.63) is 23.8 Å². The third-order valence-electron chi connectivity index (χ3n) is 2.79. The summed E-state index contributed by atoms with van der Waals surface area (Å²) in [5.74, 6) is 0.752. The first-order valence-electron chi connectivity index (χ1n) is 6.43. The van der Waals surface area contributed by atoms with Crippen molar-refractivity contribution in [3.8, 4) is 0 Å². The van der Waals surface area contributed by atoms with Crippen LogP contribution in [0.2, 0.25) is 0 Å². The van der Waals surface area contributed by atoms with Gasteiger partial charge in [-0.2, -0.15) is 0 Å². The van der Waals surface area contributed by atoms with Gasteiger partial charge in [0.05, 0.1) is 0 Å². The largest absolute Gasteiger partial charge is 0.120 e. The molecule has 0 saturated heterocycles. The molecule has 17 heavy (non-hydrogen) atoms. The molecule has 0 rings (SSSR count). The van der Waals surface area contributed by atoms with Gasteiger partial charge in [0, 0.05) is 10.2 Å². The van der Waals surface area contributed by atoms with Crippen LogP contribution < -0.4 is 0 Å². The molecule has 0 radical (unpaired) electrons. The van der Waals surface area contributed by atoms with Crippen molar-refractivity contribution in [1.29, 1.82) is 0 Å². The Morgan fingerprint density at radius 3 is 2.59 bits per heavy atom.